The van der Waals surface area contributed by atoms with Crippen LogP contribution in [0.25, 0.3) is 0 Å². The zero-order valence-electron chi connectivity index (χ0n) is 13.0. The number of ether oxygens (including phenoxy) is 1. The van der Waals surface area contributed by atoms with Crippen molar-refractivity contribution >= 4 is 11.8 Å². The van der Waals surface area contributed by atoms with E-state index in [-0.39, 0.29) is 36.3 Å². The first-order chi connectivity index (χ1) is 11.1. The van der Waals surface area contributed by atoms with Crippen LogP contribution in [0.4, 0.5) is 0 Å². The molecular weight excluding hydrogens is 296 g/mol. The van der Waals surface area contributed by atoms with Crippen LogP contribution >= 0.6 is 0 Å². The summed E-state index contributed by atoms with van der Waals surface area (Å²) in [5.41, 5.74) is 1.22. The minimum atomic E-state index is -0.287. The average molecular weight is 318 g/mol. The van der Waals surface area contributed by atoms with Gasteiger partial charge in [-0.05, 0) is 24.5 Å². The number of benzene rings is 1. The number of aliphatic hydroxyl groups excluding tert-OH is 1. The molecule has 3 rings (SSSR count). The molecule has 0 aromatic heterocycles. The fourth-order valence-electron chi connectivity index (χ4n) is 3.22. The number of aliphatic hydroxyl groups is 1. The van der Waals surface area contributed by atoms with Crippen molar-refractivity contribution in [3.63, 3.8) is 0 Å². The molecule has 124 valence electrons. The molecule has 2 amide bonds. The number of carbonyl (C=O) groups excluding carboxylic acids is 2. The summed E-state index contributed by atoms with van der Waals surface area (Å²) in [4.78, 5) is 24.1. The summed E-state index contributed by atoms with van der Waals surface area (Å²) in [5.74, 6) is -0.249. The number of hydrogen-bond donors (Lipinski definition) is 3. The van der Waals surface area contributed by atoms with E-state index in [2.05, 4.69) is 10.6 Å². The van der Waals surface area contributed by atoms with Crippen molar-refractivity contribution < 1.29 is 19.4 Å². The molecule has 3 N–H and O–H groups in total. The Kier molecular flexibility index (Phi) is 4.63. The predicted octanol–water partition coefficient (Wildman–Crippen LogP) is 0.766. The quantitative estimate of drug-likeness (QED) is 0.748. The van der Waals surface area contributed by atoms with Gasteiger partial charge in [0.1, 0.15) is 0 Å². The summed E-state index contributed by atoms with van der Waals surface area (Å²) >= 11 is 0. The van der Waals surface area contributed by atoms with E-state index in [9.17, 15) is 14.7 Å². The molecule has 2 heterocycles. The lowest BCUT2D eigenvalue weighted by atomic mass is 9.81. The van der Waals surface area contributed by atoms with Gasteiger partial charge in [-0.25, -0.2) is 0 Å². The molecule has 6 nitrogen and oxygen atoms in total. The van der Waals surface area contributed by atoms with Crippen LogP contribution in [0.3, 0.4) is 0 Å². The van der Waals surface area contributed by atoms with Gasteiger partial charge < -0.3 is 20.5 Å². The zero-order valence-corrected chi connectivity index (χ0v) is 13.0. The topological polar surface area (TPSA) is 87.7 Å². The lowest BCUT2D eigenvalue weighted by Crippen LogP contribution is -2.44. The summed E-state index contributed by atoms with van der Waals surface area (Å²) in [6.45, 7) is 1.71. The van der Waals surface area contributed by atoms with Crippen molar-refractivity contribution in [3.05, 3.63) is 35.4 Å². The molecule has 2 aliphatic heterocycles. The minimum Gasteiger partial charge on any atom is -0.396 e. The third kappa shape index (κ3) is 3.38. The Hall–Kier alpha value is -1.92. The van der Waals surface area contributed by atoms with Gasteiger partial charge in [0, 0.05) is 30.7 Å². The van der Waals surface area contributed by atoms with Crippen LogP contribution in [-0.4, -0.2) is 43.3 Å². The first-order valence-electron chi connectivity index (χ1n) is 7.99. The second-order valence-corrected chi connectivity index (χ2v) is 6.36. The molecule has 2 aliphatic rings. The van der Waals surface area contributed by atoms with Crippen molar-refractivity contribution in [3.8, 4) is 0 Å². The van der Waals surface area contributed by atoms with Gasteiger partial charge in [-0.3, -0.25) is 9.59 Å². The standard InChI is InChI=1S/C17H22N2O4/c20-11-17(5-7-23-8-6-17)10-18-15(21)9-14-12-3-1-2-4-13(12)16(22)19-14/h1-4,14,20H,5-11H2,(H,18,21)(H,19,22)/t14-/m0/s1. The van der Waals surface area contributed by atoms with Crippen LogP contribution in [-0.2, 0) is 9.53 Å². The van der Waals surface area contributed by atoms with E-state index in [4.69, 9.17) is 4.74 Å². The molecule has 0 radical (unpaired) electrons. The van der Waals surface area contributed by atoms with E-state index in [1.54, 1.807) is 6.07 Å². The molecule has 0 saturated carbocycles. The van der Waals surface area contributed by atoms with Crippen molar-refractivity contribution in [1.29, 1.82) is 0 Å². The third-order valence-electron chi connectivity index (χ3n) is 4.83. The Morgan fingerprint density at radius 3 is 2.83 bits per heavy atom. The van der Waals surface area contributed by atoms with E-state index < -0.39 is 0 Å². The summed E-state index contributed by atoms with van der Waals surface area (Å²) in [6, 6.07) is 7.05. The number of hydrogen-bond acceptors (Lipinski definition) is 4. The fraction of sp³-hybridized carbons (Fsp3) is 0.529. The highest BCUT2D eigenvalue weighted by Gasteiger charge is 2.33. The van der Waals surface area contributed by atoms with Gasteiger partial charge in [0.05, 0.1) is 19.1 Å². The van der Waals surface area contributed by atoms with Gasteiger partial charge >= 0.3 is 0 Å². The van der Waals surface area contributed by atoms with Crippen molar-refractivity contribution in [2.45, 2.75) is 25.3 Å². The highest BCUT2D eigenvalue weighted by Crippen LogP contribution is 2.30. The second kappa shape index (κ2) is 6.68. The molecule has 23 heavy (non-hydrogen) atoms. The Morgan fingerprint density at radius 2 is 2.09 bits per heavy atom. The lowest BCUT2D eigenvalue weighted by molar-refractivity contribution is -0.122. The van der Waals surface area contributed by atoms with Gasteiger partial charge in [0.2, 0.25) is 5.91 Å². The van der Waals surface area contributed by atoms with Gasteiger partial charge in [0.15, 0.2) is 0 Å². The fourth-order valence-corrected chi connectivity index (χ4v) is 3.22. The SMILES string of the molecule is O=C(C[C@@H]1NC(=O)c2ccccc21)NCC1(CO)CCOCC1. The molecule has 0 aliphatic carbocycles. The molecule has 6 heteroatoms. The molecule has 1 fully saturated rings. The Labute approximate surface area is 135 Å². The first-order valence-corrected chi connectivity index (χ1v) is 7.99. The summed E-state index contributed by atoms with van der Waals surface area (Å²) in [6.07, 6.45) is 1.69. The maximum absolute atomic E-state index is 12.2. The maximum Gasteiger partial charge on any atom is 0.252 e. The van der Waals surface area contributed by atoms with Gasteiger partial charge in [-0.2, -0.15) is 0 Å². The predicted molar refractivity (Wildman–Crippen MR) is 83.8 cm³/mol. The van der Waals surface area contributed by atoms with Crippen LogP contribution < -0.4 is 10.6 Å². The summed E-state index contributed by atoms with van der Waals surface area (Å²) < 4.78 is 5.32. The van der Waals surface area contributed by atoms with Crippen LogP contribution in [0.5, 0.6) is 0 Å². The second-order valence-electron chi connectivity index (χ2n) is 6.36. The van der Waals surface area contributed by atoms with Crippen molar-refractivity contribution in [1.82, 2.24) is 10.6 Å². The number of rotatable bonds is 5. The minimum absolute atomic E-state index is 0.0413. The first kappa shape index (κ1) is 16.0. The van der Waals surface area contributed by atoms with Gasteiger partial charge in [-0.15, -0.1) is 0 Å². The van der Waals surface area contributed by atoms with Crippen molar-refractivity contribution in [2.24, 2.45) is 5.41 Å². The normalized spacial score (nSPS) is 22.3. The van der Waals surface area contributed by atoms with E-state index in [1.807, 2.05) is 18.2 Å². The smallest absolute Gasteiger partial charge is 0.252 e. The zero-order chi connectivity index (χ0) is 16.3. The molecular formula is C17H22N2O4. The van der Waals surface area contributed by atoms with Crippen LogP contribution in [0, 0.1) is 5.41 Å². The van der Waals surface area contributed by atoms with E-state index in [0.29, 0.717) is 25.3 Å². The van der Waals surface area contributed by atoms with Gasteiger partial charge in [0.25, 0.3) is 5.91 Å². The molecule has 1 saturated heterocycles. The average Bonchev–Trinajstić information content (AvgIpc) is 2.90. The van der Waals surface area contributed by atoms with Crippen LogP contribution in [0.15, 0.2) is 24.3 Å². The van der Waals surface area contributed by atoms with E-state index in [0.717, 1.165) is 18.4 Å². The molecule has 0 unspecified atom stereocenters. The van der Waals surface area contributed by atoms with E-state index >= 15 is 0 Å². The maximum atomic E-state index is 12.2. The molecule has 0 bridgehead atoms. The number of nitrogens with one attached hydrogen (secondary N) is 2. The monoisotopic (exact) mass is 318 g/mol. The molecule has 1 aromatic rings. The summed E-state index contributed by atoms with van der Waals surface area (Å²) in [7, 11) is 0. The largest absolute Gasteiger partial charge is 0.396 e. The molecule has 0 spiro atoms. The Balaban J connectivity index is 1.57. The lowest BCUT2D eigenvalue weighted by Gasteiger charge is -2.35. The van der Waals surface area contributed by atoms with Crippen LogP contribution in [0.1, 0.15) is 41.2 Å². The number of carbonyl (C=O) groups is 2. The van der Waals surface area contributed by atoms with E-state index in [1.165, 1.54) is 0 Å². The highest BCUT2D eigenvalue weighted by atomic mass is 16.5. The third-order valence-corrected chi connectivity index (χ3v) is 4.83. The van der Waals surface area contributed by atoms with Gasteiger partial charge in [-0.1, -0.05) is 18.2 Å². The Morgan fingerprint density at radius 1 is 1.35 bits per heavy atom. The highest BCUT2D eigenvalue weighted by molar-refractivity contribution is 5.99. The molecule has 1 atom stereocenters. The molecule has 1 aromatic carbocycles. The number of fused-ring (bicyclic) bond motifs is 1. The summed E-state index contributed by atoms with van der Waals surface area (Å²) in [5, 5.41) is 15.4. The number of amides is 2. The van der Waals surface area contributed by atoms with Crippen LogP contribution in [0.2, 0.25) is 0 Å². The van der Waals surface area contributed by atoms with Crippen molar-refractivity contribution in [2.75, 3.05) is 26.4 Å². The Bertz CT molecular complexity index is 596.